The molecule has 0 fully saturated rings. The lowest BCUT2D eigenvalue weighted by Crippen LogP contribution is -2.52. The fraction of sp³-hybridized carbons (Fsp3) is 0.259. The van der Waals surface area contributed by atoms with E-state index in [0.717, 1.165) is 9.87 Å². The van der Waals surface area contributed by atoms with Gasteiger partial charge in [0.05, 0.1) is 15.6 Å². The molecular weight excluding hydrogens is 569 g/mol. The highest BCUT2D eigenvalue weighted by Gasteiger charge is 2.34. The lowest BCUT2D eigenvalue weighted by atomic mass is 10.1. The zero-order valence-electron chi connectivity index (χ0n) is 20.9. The first-order chi connectivity index (χ1) is 18.1. The number of carbonyl (C=O) groups excluding carboxylic acids is 2. The zero-order valence-corrected chi connectivity index (χ0v) is 24.0. The molecule has 1 N–H and O–H groups in total. The number of nitrogens with zero attached hydrogens (tertiary/aromatic N) is 2. The van der Waals surface area contributed by atoms with E-state index in [9.17, 15) is 18.0 Å². The lowest BCUT2D eigenvalue weighted by molar-refractivity contribution is -0.140. The van der Waals surface area contributed by atoms with Crippen LogP contribution in [0.2, 0.25) is 15.1 Å². The van der Waals surface area contributed by atoms with Crippen LogP contribution >= 0.6 is 34.8 Å². The molecular formula is C27H28Cl3N3O4S. The lowest BCUT2D eigenvalue weighted by Gasteiger charge is -2.33. The summed E-state index contributed by atoms with van der Waals surface area (Å²) in [6.07, 6.45) is 0.314. The summed E-state index contributed by atoms with van der Waals surface area (Å²) < 4.78 is 28.5. The summed E-state index contributed by atoms with van der Waals surface area (Å²) in [6, 6.07) is 18.1. The van der Waals surface area contributed by atoms with Gasteiger partial charge in [-0.15, -0.1) is 0 Å². The molecule has 0 bridgehead atoms. The van der Waals surface area contributed by atoms with Crippen molar-refractivity contribution in [3.05, 3.63) is 93.4 Å². The Kier molecular flexibility index (Phi) is 10.4. The van der Waals surface area contributed by atoms with Crippen LogP contribution in [0.5, 0.6) is 0 Å². The Hall–Kier alpha value is -2.78. The summed E-state index contributed by atoms with van der Waals surface area (Å²) in [4.78, 5) is 28.2. The molecule has 0 aromatic heterocycles. The van der Waals surface area contributed by atoms with Crippen molar-refractivity contribution in [3.63, 3.8) is 0 Å². The Morgan fingerprint density at radius 2 is 1.53 bits per heavy atom. The second-order valence-corrected chi connectivity index (χ2v) is 11.5. The number of carbonyl (C=O) groups is 2. The molecule has 2 amide bonds. The van der Waals surface area contributed by atoms with Crippen LogP contribution in [0, 0.1) is 0 Å². The van der Waals surface area contributed by atoms with Gasteiger partial charge in [-0.1, -0.05) is 72.1 Å². The molecule has 0 saturated carbocycles. The first kappa shape index (κ1) is 29.8. The predicted molar refractivity (Wildman–Crippen MR) is 152 cm³/mol. The van der Waals surface area contributed by atoms with Crippen molar-refractivity contribution in [2.75, 3.05) is 17.4 Å². The molecule has 0 aliphatic heterocycles. The zero-order chi connectivity index (χ0) is 27.9. The SMILES string of the molecule is CCNC(=O)[C@H](CC)N(Cc1ccc(Cl)cc1)C(=O)CN(c1cc(Cl)ccc1Cl)S(=O)(=O)c1ccccc1. The molecule has 38 heavy (non-hydrogen) atoms. The van der Waals surface area contributed by atoms with Crippen LogP contribution in [0.25, 0.3) is 0 Å². The minimum atomic E-state index is -4.24. The van der Waals surface area contributed by atoms with E-state index in [1.165, 1.54) is 35.2 Å². The number of halogens is 3. The number of rotatable bonds is 11. The van der Waals surface area contributed by atoms with Gasteiger partial charge in [0.25, 0.3) is 10.0 Å². The van der Waals surface area contributed by atoms with Gasteiger partial charge in [0.15, 0.2) is 0 Å². The third kappa shape index (κ3) is 7.20. The Labute approximate surface area is 238 Å². The van der Waals surface area contributed by atoms with Gasteiger partial charge < -0.3 is 10.2 Å². The standard InChI is InChI=1S/C27H28Cl3N3O4S/c1-3-24(27(35)31-4-2)32(17-19-10-12-20(28)13-11-19)26(34)18-33(25-16-21(29)14-15-23(25)30)38(36,37)22-8-6-5-7-9-22/h5-16,24H,3-4,17-18H2,1-2H3,(H,31,35)/t24-/m0/s1. The van der Waals surface area contributed by atoms with Crippen molar-refractivity contribution in [2.24, 2.45) is 0 Å². The minimum absolute atomic E-state index is 0.0242. The van der Waals surface area contributed by atoms with Crippen molar-refractivity contribution in [1.82, 2.24) is 10.2 Å². The molecule has 3 rings (SSSR count). The predicted octanol–water partition coefficient (Wildman–Crippen LogP) is 5.79. The first-order valence-electron chi connectivity index (χ1n) is 11.9. The molecule has 0 radical (unpaired) electrons. The van der Waals surface area contributed by atoms with Gasteiger partial charge in [-0.05, 0) is 61.4 Å². The molecule has 0 spiro atoms. The van der Waals surface area contributed by atoms with Crippen molar-refractivity contribution in [3.8, 4) is 0 Å². The third-order valence-corrected chi connectivity index (χ3v) is 8.37. The molecule has 0 unspecified atom stereocenters. The van der Waals surface area contributed by atoms with Gasteiger partial charge in [-0.25, -0.2) is 8.42 Å². The van der Waals surface area contributed by atoms with E-state index in [1.54, 1.807) is 56.3 Å². The number of nitrogens with one attached hydrogen (secondary N) is 1. The van der Waals surface area contributed by atoms with Crippen LogP contribution in [0.15, 0.2) is 77.7 Å². The maximum absolute atomic E-state index is 13.9. The molecule has 0 aliphatic carbocycles. The number of anilines is 1. The van der Waals surface area contributed by atoms with Gasteiger partial charge in [-0.2, -0.15) is 0 Å². The van der Waals surface area contributed by atoms with Gasteiger partial charge in [0, 0.05) is 23.1 Å². The van der Waals surface area contributed by atoms with Gasteiger partial charge >= 0.3 is 0 Å². The largest absolute Gasteiger partial charge is 0.355 e. The highest BCUT2D eigenvalue weighted by molar-refractivity contribution is 7.92. The monoisotopic (exact) mass is 595 g/mol. The number of likely N-dealkylation sites (N-methyl/N-ethyl adjacent to an activating group) is 1. The normalized spacial score (nSPS) is 12.0. The summed E-state index contributed by atoms with van der Waals surface area (Å²) in [5.41, 5.74) is 0.776. The van der Waals surface area contributed by atoms with Crippen LogP contribution in [-0.2, 0) is 26.2 Å². The maximum Gasteiger partial charge on any atom is 0.264 e. The summed E-state index contributed by atoms with van der Waals surface area (Å²) in [5, 5.41) is 3.63. The number of amides is 2. The van der Waals surface area contributed by atoms with Crippen LogP contribution in [0.3, 0.4) is 0 Å². The van der Waals surface area contributed by atoms with Crippen LogP contribution in [-0.4, -0.2) is 44.3 Å². The second kappa shape index (κ2) is 13.3. The fourth-order valence-corrected chi connectivity index (χ4v) is 5.92. The summed E-state index contributed by atoms with van der Waals surface area (Å²) >= 11 is 18.6. The number of hydrogen-bond donors (Lipinski definition) is 1. The van der Waals surface area contributed by atoms with Crippen molar-refractivity contribution >= 4 is 62.3 Å². The molecule has 3 aromatic carbocycles. The average Bonchev–Trinajstić information content (AvgIpc) is 2.90. The van der Waals surface area contributed by atoms with E-state index >= 15 is 0 Å². The molecule has 3 aromatic rings. The Bertz CT molecular complexity index is 1370. The second-order valence-electron chi connectivity index (χ2n) is 8.39. The summed E-state index contributed by atoms with van der Waals surface area (Å²) in [6.45, 7) is 3.40. The van der Waals surface area contributed by atoms with Crippen molar-refractivity contribution in [2.45, 2.75) is 37.8 Å². The topological polar surface area (TPSA) is 86.8 Å². The Balaban J connectivity index is 2.08. The van der Waals surface area contributed by atoms with E-state index in [4.69, 9.17) is 34.8 Å². The van der Waals surface area contributed by atoms with E-state index in [2.05, 4.69) is 5.32 Å². The molecule has 7 nitrogen and oxygen atoms in total. The molecule has 0 aliphatic rings. The average molecular weight is 597 g/mol. The Morgan fingerprint density at radius 3 is 2.13 bits per heavy atom. The quantitative estimate of drug-likeness (QED) is 0.304. The fourth-order valence-electron chi connectivity index (χ4n) is 3.91. The highest BCUT2D eigenvalue weighted by Crippen LogP contribution is 2.33. The van der Waals surface area contributed by atoms with Gasteiger partial charge in [0.2, 0.25) is 11.8 Å². The van der Waals surface area contributed by atoms with Crippen LogP contribution < -0.4 is 9.62 Å². The number of hydrogen-bond acceptors (Lipinski definition) is 4. The van der Waals surface area contributed by atoms with Crippen LogP contribution in [0.1, 0.15) is 25.8 Å². The molecule has 0 saturated heterocycles. The molecule has 0 heterocycles. The van der Waals surface area contributed by atoms with E-state index in [0.29, 0.717) is 18.0 Å². The van der Waals surface area contributed by atoms with Gasteiger partial charge in [-0.3, -0.25) is 13.9 Å². The maximum atomic E-state index is 13.9. The summed E-state index contributed by atoms with van der Waals surface area (Å²) in [5.74, 6) is -0.927. The summed E-state index contributed by atoms with van der Waals surface area (Å²) in [7, 11) is -4.24. The number of benzene rings is 3. The van der Waals surface area contributed by atoms with Gasteiger partial charge in [0.1, 0.15) is 12.6 Å². The molecule has 11 heteroatoms. The number of sulfonamides is 1. The Morgan fingerprint density at radius 1 is 0.895 bits per heavy atom. The van der Waals surface area contributed by atoms with Crippen molar-refractivity contribution in [1.29, 1.82) is 0 Å². The smallest absolute Gasteiger partial charge is 0.264 e. The van der Waals surface area contributed by atoms with E-state index < -0.39 is 28.5 Å². The highest BCUT2D eigenvalue weighted by atomic mass is 35.5. The molecule has 1 atom stereocenters. The van der Waals surface area contributed by atoms with E-state index in [-0.39, 0.29) is 33.1 Å². The van der Waals surface area contributed by atoms with Crippen molar-refractivity contribution < 1.29 is 18.0 Å². The van der Waals surface area contributed by atoms with Crippen LogP contribution in [0.4, 0.5) is 5.69 Å². The van der Waals surface area contributed by atoms with E-state index in [1.807, 2.05) is 0 Å². The minimum Gasteiger partial charge on any atom is -0.355 e. The molecule has 202 valence electrons. The first-order valence-corrected chi connectivity index (χ1v) is 14.5. The third-order valence-electron chi connectivity index (χ3n) is 5.79.